The highest BCUT2D eigenvalue weighted by Gasteiger charge is 2.46. The van der Waals surface area contributed by atoms with Gasteiger partial charge in [-0.15, -0.1) is 0 Å². The van der Waals surface area contributed by atoms with Crippen molar-refractivity contribution in [3.8, 4) is 0 Å². The molecule has 2 atom stereocenters. The molecule has 6 heteroatoms. The number of nitrogens with one attached hydrogen (secondary N) is 2. The average Bonchev–Trinajstić information content (AvgIpc) is 3.01. The topological polar surface area (TPSA) is 58.2 Å². The summed E-state index contributed by atoms with van der Waals surface area (Å²) in [7, 11) is -2.78. The zero-order valence-corrected chi connectivity index (χ0v) is 32.7. The predicted octanol–water partition coefficient (Wildman–Crippen LogP) is 10.8. The molecule has 0 saturated carbocycles. The third-order valence-corrected chi connectivity index (χ3v) is 22.3. The van der Waals surface area contributed by atoms with Gasteiger partial charge in [-0.25, -0.2) is 0 Å². The molecule has 2 rings (SSSR count). The summed E-state index contributed by atoms with van der Waals surface area (Å²) < 4.78 is 0. The van der Waals surface area contributed by atoms with Crippen molar-refractivity contribution in [1.82, 2.24) is 0 Å². The van der Waals surface area contributed by atoms with E-state index in [1.807, 2.05) is 0 Å². The Balaban J connectivity index is 2.29. The SMILES string of the molecule is CCC(C(=O)Nc1c(C)cc(C)cc1CCCCC(C(=O)Nc1c(C)cc(C)cc1C)[P+](CC)(CC)CC)[P+](CC)(CC)CC. The predicted molar refractivity (Wildman–Crippen MR) is 206 cm³/mol. The third-order valence-electron chi connectivity index (χ3n) is 11.0. The maximum atomic E-state index is 14.1. The van der Waals surface area contributed by atoms with Crippen molar-refractivity contribution in [2.24, 2.45) is 0 Å². The molecule has 0 radical (unpaired) electrons. The van der Waals surface area contributed by atoms with Gasteiger partial charge in [0.2, 0.25) is 0 Å². The van der Waals surface area contributed by atoms with Crippen LogP contribution in [-0.4, -0.2) is 60.1 Å². The van der Waals surface area contributed by atoms with Crippen LogP contribution in [0.4, 0.5) is 11.4 Å². The minimum absolute atomic E-state index is 0.0653. The highest BCUT2D eigenvalue weighted by atomic mass is 31.2. The van der Waals surface area contributed by atoms with Crippen LogP contribution in [-0.2, 0) is 16.0 Å². The lowest BCUT2D eigenvalue weighted by Gasteiger charge is -2.32. The standard InChI is InChI=1S/C39H64N2O2P2/c1-13-34(44(14-2,15-3)16-4)38(42)41-37-32(12)26-29(9)27-33(37)22-20-21-23-35(45(17-5,18-6)19-7)39(43)40-36-30(10)24-28(8)25-31(36)11/h24-27,34-35H,13-23H2,1-12H3/p+2. The fraction of sp³-hybridized carbons (Fsp3) is 0.641. The summed E-state index contributed by atoms with van der Waals surface area (Å²) in [6, 6.07) is 8.79. The van der Waals surface area contributed by atoms with Gasteiger partial charge in [-0.2, -0.15) is 0 Å². The third kappa shape index (κ3) is 9.41. The maximum absolute atomic E-state index is 14.1. The van der Waals surface area contributed by atoms with Gasteiger partial charge in [-0.05, 0) is 131 Å². The lowest BCUT2D eigenvalue weighted by atomic mass is 9.98. The number of amides is 2. The molecule has 0 aromatic heterocycles. The highest BCUT2D eigenvalue weighted by molar-refractivity contribution is 7.77. The zero-order chi connectivity index (χ0) is 33.9. The van der Waals surface area contributed by atoms with Gasteiger partial charge < -0.3 is 10.6 Å². The van der Waals surface area contributed by atoms with E-state index in [9.17, 15) is 9.59 Å². The molecule has 0 aliphatic carbocycles. The minimum atomic E-state index is -1.44. The molecule has 4 nitrogen and oxygen atoms in total. The van der Waals surface area contributed by atoms with Gasteiger partial charge in [0.25, 0.3) is 11.8 Å². The average molecular weight is 657 g/mol. The summed E-state index contributed by atoms with van der Waals surface area (Å²) >= 11 is 0. The van der Waals surface area contributed by atoms with Crippen LogP contribution < -0.4 is 10.6 Å². The van der Waals surface area contributed by atoms with E-state index < -0.39 is 14.5 Å². The summed E-state index contributed by atoms with van der Waals surface area (Å²) in [5, 5.41) is 6.86. The Hall–Kier alpha value is -1.76. The van der Waals surface area contributed by atoms with Crippen LogP contribution in [0.15, 0.2) is 24.3 Å². The molecule has 45 heavy (non-hydrogen) atoms. The van der Waals surface area contributed by atoms with Gasteiger partial charge in [-0.3, -0.25) is 9.59 Å². The molecule has 0 bridgehead atoms. The molecular formula is C39H66N2O2P2+2. The van der Waals surface area contributed by atoms with Crippen molar-refractivity contribution >= 4 is 37.7 Å². The first-order valence-corrected chi connectivity index (χ1v) is 22.7. The van der Waals surface area contributed by atoms with Gasteiger partial charge in [0.05, 0.1) is 37.0 Å². The number of carbonyl (C=O) groups excluding carboxylic acids is 2. The van der Waals surface area contributed by atoms with Crippen LogP contribution in [0.2, 0.25) is 0 Å². The number of hydrogen-bond donors (Lipinski definition) is 2. The zero-order valence-electron chi connectivity index (χ0n) is 31.0. The quantitative estimate of drug-likeness (QED) is 0.124. The normalized spacial score (nSPS) is 13.4. The number of benzene rings is 2. The monoisotopic (exact) mass is 656 g/mol. The molecule has 2 amide bonds. The van der Waals surface area contributed by atoms with Crippen LogP contribution in [0.25, 0.3) is 0 Å². The Morgan fingerprint density at radius 2 is 0.978 bits per heavy atom. The van der Waals surface area contributed by atoms with Crippen LogP contribution in [0, 0.1) is 34.6 Å². The molecule has 2 aromatic rings. The van der Waals surface area contributed by atoms with E-state index in [4.69, 9.17) is 0 Å². The Bertz CT molecular complexity index is 1240. The molecule has 2 N–H and O–H groups in total. The van der Waals surface area contributed by atoms with E-state index in [1.165, 1.54) is 16.7 Å². The number of anilines is 2. The Morgan fingerprint density at radius 3 is 1.44 bits per heavy atom. The molecule has 0 heterocycles. The second kappa shape index (κ2) is 18.0. The van der Waals surface area contributed by atoms with Crippen molar-refractivity contribution < 1.29 is 9.59 Å². The second-order valence-electron chi connectivity index (χ2n) is 13.4. The van der Waals surface area contributed by atoms with Gasteiger partial charge in [-0.1, -0.05) is 42.3 Å². The fourth-order valence-electron chi connectivity index (χ4n) is 8.01. The molecule has 0 fully saturated rings. The van der Waals surface area contributed by atoms with Crippen molar-refractivity contribution in [2.45, 2.75) is 127 Å². The number of carbonyl (C=O) groups is 2. The molecular weight excluding hydrogens is 590 g/mol. The van der Waals surface area contributed by atoms with E-state index in [0.717, 1.165) is 97.1 Å². The largest absolute Gasteiger partial charge is 0.322 e. The van der Waals surface area contributed by atoms with E-state index >= 15 is 0 Å². The molecule has 252 valence electrons. The van der Waals surface area contributed by atoms with Crippen LogP contribution in [0.5, 0.6) is 0 Å². The molecule has 0 saturated heterocycles. The maximum Gasteiger partial charge on any atom is 0.265 e. The molecule has 2 unspecified atom stereocenters. The van der Waals surface area contributed by atoms with Crippen molar-refractivity contribution in [2.75, 3.05) is 47.6 Å². The van der Waals surface area contributed by atoms with Crippen LogP contribution in [0.1, 0.15) is 108 Å². The number of rotatable bonds is 18. The summed E-state index contributed by atoms with van der Waals surface area (Å²) in [5.74, 6) is 0.426. The van der Waals surface area contributed by atoms with Gasteiger partial charge >= 0.3 is 0 Å². The van der Waals surface area contributed by atoms with Gasteiger partial charge in [0, 0.05) is 25.9 Å². The van der Waals surface area contributed by atoms with Crippen molar-refractivity contribution in [3.63, 3.8) is 0 Å². The molecule has 0 spiro atoms. The minimum Gasteiger partial charge on any atom is -0.322 e. The lowest BCUT2D eigenvalue weighted by molar-refractivity contribution is -0.116. The smallest absolute Gasteiger partial charge is 0.265 e. The molecule has 0 aliphatic rings. The Kier molecular flexibility index (Phi) is 15.7. The van der Waals surface area contributed by atoms with Crippen molar-refractivity contribution in [1.29, 1.82) is 0 Å². The van der Waals surface area contributed by atoms with Crippen LogP contribution in [0.3, 0.4) is 0 Å². The first-order chi connectivity index (χ1) is 21.3. The van der Waals surface area contributed by atoms with E-state index in [1.54, 1.807) is 0 Å². The van der Waals surface area contributed by atoms with Crippen molar-refractivity contribution in [3.05, 3.63) is 57.6 Å². The number of hydrogen-bond acceptors (Lipinski definition) is 2. The van der Waals surface area contributed by atoms with E-state index in [2.05, 4.69) is 118 Å². The summed E-state index contributed by atoms with van der Waals surface area (Å²) in [6.07, 6.45) is 11.4. The summed E-state index contributed by atoms with van der Waals surface area (Å²) in [4.78, 5) is 27.9. The van der Waals surface area contributed by atoms with Gasteiger partial charge in [0.15, 0.2) is 0 Å². The summed E-state index contributed by atoms with van der Waals surface area (Å²) in [6.45, 7) is 26.5. The summed E-state index contributed by atoms with van der Waals surface area (Å²) in [5.41, 5.74) is 9.30. The first-order valence-electron chi connectivity index (χ1n) is 17.8. The number of aryl methyl sites for hydroxylation is 6. The van der Waals surface area contributed by atoms with Crippen LogP contribution >= 0.6 is 14.5 Å². The van der Waals surface area contributed by atoms with Gasteiger partial charge in [0.1, 0.15) is 11.3 Å². The van der Waals surface area contributed by atoms with E-state index in [0.29, 0.717) is 0 Å². The first kappa shape index (κ1) is 39.4. The highest BCUT2D eigenvalue weighted by Crippen LogP contribution is 2.64. The van der Waals surface area contributed by atoms with E-state index in [-0.39, 0.29) is 23.1 Å². The Morgan fingerprint density at radius 1 is 0.578 bits per heavy atom. The number of unbranched alkanes of at least 4 members (excludes halogenated alkanes) is 1. The molecule has 2 aromatic carbocycles. The lowest BCUT2D eigenvalue weighted by Crippen LogP contribution is -2.33. The Labute approximate surface area is 278 Å². The molecule has 0 aliphatic heterocycles. The fourth-order valence-corrected chi connectivity index (χ4v) is 16.0. The second-order valence-corrected chi connectivity index (χ2v) is 23.3.